The van der Waals surface area contributed by atoms with Crippen LogP contribution in [0.5, 0.6) is 23.1 Å². The molecule has 2 fully saturated rings. The molecule has 2 heterocycles. The largest absolute Gasteiger partial charge is 0.497 e. The van der Waals surface area contributed by atoms with Crippen LogP contribution >= 0.6 is 0 Å². The smallest absolute Gasteiger partial charge is 0.420 e. The Morgan fingerprint density at radius 2 is 1.76 bits per heavy atom. The predicted molar refractivity (Wildman–Crippen MR) is 174 cm³/mol. The van der Waals surface area contributed by atoms with Gasteiger partial charge >= 0.3 is 12.2 Å². The topological polar surface area (TPSA) is 100 Å². The van der Waals surface area contributed by atoms with E-state index in [4.69, 9.17) is 23.7 Å². The predicted octanol–water partition coefficient (Wildman–Crippen LogP) is 8.63. The van der Waals surface area contributed by atoms with E-state index in [1.165, 1.54) is 24.4 Å². The molecule has 13 heteroatoms. The molecule has 2 N–H and O–H groups in total. The lowest BCUT2D eigenvalue weighted by Gasteiger charge is -2.41. The fourth-order valence-electron chi connectivity index (χ4n) is 5.29. The van der Waals surface area contributed by atoms with Crippen LogP contribution in [-0.4, -0.2) is 43.0 Å². The molecule has 0 unspecified atom stereocenters. The first-order valence-electron chi connectivity index (χ1n) is 15.8. The number of rotatable bonds is 13. The Kier molecular flexibility index (Phi) is 9.81. The molecule has 4 aromatic rings. The molecule has 49 heavy (non-hydrogen) atoms. The molecule has 1 aromatic heterocycles. The first-order chi connectivity index (χ1) is 23.5. The molecule has 2 aliphatic rings. The Morgan fingerprint density at radius 1 is 0.980 bits per heavy atom. The number of carbonyl (C=O) groups excluding carboxylic acids is 1. The summed E-state index contributed by atoms with van der Waals surface area (Å²) in [4.78, 5) is 17.2. The van der Waals surface area contributed by atoms with Gasteiger partial charge < -0.3 is 34.3 Å². The van der Waals surface area contributed by atoms with E-state index >= 15 is 4.39 Å². The molecular weight excluding hydrogens is 646 g/mol. The van der Waals surface area contributed by atoms with E-state index < -0.39 is 29.2 Å². The minimum Gasteiger partial charge on any atom is -0.497 e. The average molecular weight is 682 g/mol. The maximum Gasteiger partial charge on any atom is 0.420 e. The van der Waals surface area contributed by atoms with Crippen LogP contribution in [0.25, 0.3) is 11.1 Å². The Labute approximate surface area is 280 Å². The number of halogens is 4. The fourth-order valence-corrected chi connectivity index (χ4v) is 5.29. The minimum atomic E-state index is -4.75. The van der Waals surface area contributed by atoms with Crippen LogP contribution in [0.15, 0.2) is 72.9 Å². The molecule has 258 valence electrons. The summed E-state index contributed by atoms with van der Waals surface area (Å²) in [6, 6.07) is 15.6. The monoisotopic (exact) mass is 681 g/mol. The number of hydrogen-bond acceptors (Lipinski definition) is 7. The van der Waals surface area contributed by atoms with Crippen molar-refractivity contribution in [2.75, 3.05) is 31.0 Å². The quantitative estimate of drug-likeness (QED) is 0.136. The maximum atomic E-state index is 15.2. The lowest BCUT2D eigenvalue weighted by molar-refractivity contribution is -0.172. The summed E-state index contributed by atoms with van der Waals surface area (Å²) in [5.74, 6) is 0.336. The van der Waals surface area contributed by atoms with Gasteiger partial charge in [0.25, 0.3) is 5.88 Å². The molecule has 1 aliphatic carbocycles. The van der Waals surface area contributed by atoms with Gasteiger partial charge in [-0.25, -0.2) is 14.2 Å². The van der Waals surface area contributed by atoms with E-state index in [0.29, 0.717) is 35.6 Å². The van der Waals surface area contributed by atoms with Crippen molar-refractivity contribution in [3.8, 4) is 34.3 Å². The molecule has 6 rings (SSSR count). The van der Waals surface area contributed by atoms with E-state index in [1.807, 2.05) is 31.2 Å². The van der Waals surface area contributed by atoms with Crippen LogP contribution < -0.4 is 29.6 Å². The van der Waals surface area contributed by atoms with Crippen molar-refractivity contribution < 1.29 is 46.0 Å². The van der Waals surface area contributed by atoms with Gasteiger partial charge in [-0.15, -0.1) is 0 Å². The zero-order chi connectivity index (χ0) is 34.6. The summed E-state index contributed by atoms with van der Waals surface area (Å²) >= 11 is 0. The van der Waals surface area contributed by atoms with Gasteiger partial charge in [0.15, 0.2) is 11.4 Å². The average Bonchev–Trinajstić information content (AvgIpc) is 3.88. The van der Waals surface area contributed by atoms with Gasteiger partial charge in [0.1, 0.15) is 23.9 Å². The highest BCUT2D eigenvalue weighted by molar-refractivity contribution is 6.00. The van der Waals surface area contributed by atoms with Crippen molar-refractivity contribution in [2.24, 2.45) is 0 Å². The van der Waals surface area contributed by atoms with Crippen LogP contribution in [-0.2, 0) is 17.5 Å². The summed E-state index contributed by atoms with van der Waals surface area (Å²) in [5.41, 5.74) is -0.262. The van der Waals surface area contributed by atoms with Crippen LogP contribution in [0.2, 0.25) is 0 Å². The van der Waals surface area contributed by atoms with Crippen molar-refractivity contribution in [3.63, 3.8) is 0 Å². The summed E-state index contributed by atoms with van der Waals surface area (Å²) in [7, 11) is 1.59. The van der Waals surface area contributed by atoms with Crippen LogP contribution in [0, 0.1) is 5.82 Å². The molecule has 1 aliphatic heterocycles. The zero-order valence-corrected chi connectivity index (χ0v) is 26.9. The number of benzene rings is 3. The van der Waals surface area contributed by atoms with Crippen molar-refractivity contribution in [1.82, 2.24) is 4.98 Å². The zero-order valence-electron chi connectivity index (χ0n) is 26.9. The second kappa shape index (κ2) is 14.2. The number of nitrogens with zero attached hydrogens (tertiary/aromatic N) is 1. The molecule has 1 saturated carbocycles. The minimum absolute atomic E-state index is 0.0493. The second-order valence-electron chi connectivity index (χ2n) is 12.0. The van der Waals surface area contributed by atoms with Crippen molar-refractivity contribution in [3.05, 3.63) is 89.9 Å². The number of hydrogen-bond donors (Lipinski definition) is 2. The molecule has 0 spiro atoms. The number of urea groups is 1. The number of ether oxygens (including phenoxy) is 5. The highest BCUT2D eigenvalue weighted by Gasteiger charge is 2.43. The van der Waals surface area contributed by atoms with Gasteiger partial charge in [-0.2, -0.15) is 13.2 Å². The van der Waals surface area contributed by atoms with E-state index in [9.17, 15) is 18.0 Å². The van der Waals surface area contributed by atoms with Crippen molar-refractivity contribution >= 4 is 17.4 Å². The molecular formula is C36H35F4N3O6. The van der Waals surface area contributed by atoms with Crippen LogP contribution in [0.1, 0.15) is 43.7 Å². The second-order valence-corrected chi connectivity index (χ2v) is 12.0. The highest BCUT2D eigenvalue weighted by atomic mass is 19.4. The number of alkyl halides is 3. The number of anilines is 2. The van der Waals surface area contributed by atoms with Gasteiger partial charge in [-0.1, -0.05) is 31.5 Å². The third-order valence-corrected chi connectivity index (χ3v) is 8.03. The molecule has 2 amide bonds. The SMILES string of the molecule is CCCC1(Oc2ccc(NC(=O)Nc3ccc(-c4cnc(OCc5ccc(OC)cc5)c(OC5CC5)c4)cc3F)cc2C(F)(F)F)COC1. The first kappa shape index (κ1) is 33.8. The molecule has 0 atom stereocenters. The third-order valence-electron chi connectivity index (χ3n) is 8.03. The van der Waals surface area contributed by atoms with Crippen LogP contribution in [0.4, 0.5) is 33.7 Å². The highest BCUT2D eigenvalue weighted by Crippen LogP contribution is 2.41. The summed E-state index contributed by atoms with van der Waals surface area (Å²) in [6.07, 6.45) is -0.106. The summed E-state index contributed by atoms with van der Waals surface area (Å²) in [5, 5.41) is 4.70. The standard InChI is InChI=1S/C36H35F4N3O6/c1-3-14-35(20-46-21-35)49-31-13-7-25(17-28(31)36(38,39)40)42-34(44)43-30-12-6-23(15-29(30)37)24-16-32(48-27-10-11-27)33(41-18-24)47-19-22-4-8-26(45-2)9-5-22/h4-9,12-13,15-18,27H,3,10-11,14,19-21H2,1-2H3,(H2,42,43,44). The van der Waals surface area contributed by atoms with E-state index in [2.05, 4.69) is 15.6 Å². The molecule has 9 nitrogen and oxygen atoms in total. The lowest BCUT2D eigenvalue weighted by Crippen LogP contribution is -2.54. The number of pyridine rings is 1. The van der Waals surface area contributed by atoms with Crippen LogP contribution in [0.3, 0.4) is 0 Å². The van der Waals surface area contributed by atoms with Gasteiger partial charge in [0.05, 0.1) is 37.7 Å². The number of carbonyl (C=O) groups is 1. The molecule has 0 radical (unpaired) electrons. The Morgan fingerprint density at radius 3 is 2.39 bits per heavy atom. The van der Waals surface area contributed by atoms with E-state index in [0.717, 1.165) is 36.3 Å². The molecule has 1 saturated heterocycles. The Hall–Kier alpha value is -5.04. The Bertz CT molecular complexity index is 1790. The van der Waals surface area contributed by atoms with E-state index in [1.54, 1.807) is 19.2 Å². The van der Waals surface area contributed by atoms with Gasteiger partial charge in [0.2, 0.25) is 0 Å². The van der Waals surface area contributed by atoms with Gasteiger partial charge in [0, 0.05) is 17.4 Å². The Balaban J connectivity index is 1.13. The first-order valence-corrected chi connectivity index (χ1v) is 15.8. The van der Waals surface area contributed by atoms with Crippen molar-refractivity contribution in [2.45, 2.75) is 57.1 Å². The normalized spacial score (nSPS) is 15.1. The van der Waals surface area contributed by atoms with Gasteiger partial charge in [-0.05, 0) is 78.9 Å². The number of nitrogens with one attached hydrogen (secondary N) is 2. The van der Waals surface area contributed by atoms with E-state index in [-0.39, 0.29) is 43.0 Å². The molecule has 0 bridgehead atoms. The summed E-state index contributed by atoms with van der Waals surface area (Å²) in [6.45, 7) is 2.55. The number of amides is 2. The molecule has 3 aromatic carbocycles. The third kappa shape index (κ3) is 8.34. The van der Waals surface area contributed by atoms with Crippen molar-refractivity contribution in [1.29, 1.82) is 0 Å². The fraction of sp³-hybridized carbons (Fsp3) is 0.333. The lowest BCUT2D eigenvalue weighted by atomic mass is 9.95. The number of methoxy groups -OCH3 is 1. The maximum absolute atomic E-state index is 15.2. The number of aromatic nitrogens is 1. The summed E-state index contributed by atoms with van der Waals surface area (Å²) < 4.78 is 85.3. The van der Waals surface area contributed by atoms with Gasteiger partial charge in [-0.3, -0.25) is 0 Å².